The first-order valence-electron chi connectivity index (χ1n) is 9.53. The van der Waals surface area contributed by atoms with Crippen LogP contribution in [0.3, 0.4) is 0 Å². The Morgan fingerprint density at radius 2 is 1.86 bits per heavy atom. The van der Waals surface area contributed by atoms with E-state index < -0.39 is 0 Å². The molecule has 3 rings (SSSR count). The number of likely N-dealkylation sites (N-methyl/N-ethyl adjacent to an activating group) is 1. The summed E-state index contributed by atoms with van der Waals surface area (Å²) in [6, 6.07) is 9.07. The number of nitrogens with one attached hydrogen (secondary N) is 1. The second-order valence-electron chi connectivity index (χ2n) is 7.29. The number of hydrogen-bond acceptors (Lipinski definition) is 5. The molecule has 1 aromatic carbocycles. The largest absolute Gasteiger partial charge is 0.474 e. The molecule has 1 N–H and O–H groups in total. The number of carbonyl (C=O) groups is 2. The molecule has 154 valence electrons. The van der Waals surface area contributed by atoms with E-state index in [4.69, 9.17) is 4.74 Å². The third kappa shape index (κ3) is 5.99. The molecule has 1 aromatic heterocycles. The van der Waals surface area contributed by atoms with Gasteiger partial charge in [-0.05, 0) is 44.4 Å². The normalized spacial score (nSPS) is 14.7. The number of pyridine rings is 1. The molecule has 1 aliphatic rings. The lowest BCUT2D eigenvalue weighted by Gasteiger charge is -2.32. The Kier molecular flexibility index (Phi) is 6.77. The zero-order chi connectivity index (χ0) is 20.8. The van der Waals surface area contributed by atoms with Crippen LogP contribution in [0.25, 0.3) is 0 Å². The van der Waals surface area contributed by atoms with Gasteiger partial charge in [0.05, 0.1) is 18.4 Å². The predicted molar refractivity (Wildman–Crippen MR) is 107 cm³/mol. The third-order valence-electron chi connectivity index (χ3n) is 4.59. The van der Waals surface area contributed by atoms with E-state index in [1.165, 1.54) is 24.3 Å². The van der Waals surface area contributed by atoms with Gasteiger partial charge in [0, 0.05) is 37.6 Å². The molecule has 0 bridgehead atoms. The van der Waals surface area contributed by atoms with E-state index in [1.807, 2.05) is 14.1 Å². The molecule has 1 fully saturated rings. The molecule has 1 saturated heterocycles. The van der Waals surface area contributed by atoms with E-state index in [1.54, 1.807) is 28.1 Å². The van der Waals surface area contributed by atoms with E-state index >= 15 is 0 Å². The van der Waals surface area contributed by atoms with Crippen LogP contribution in [0.2, 0.25) is 0 Å². The number of amides is 2. The smallest absolute Gasteiger partial charge is 0.253 e. The Morgan fingerprint density at radius 3 is 2.45 bits per heavy atom. The van der Waals surface area contributed by atoms with Crippen molar-refractivity contribution in [2.75, 3.05) is 39.0 Å². The molecule has 0 unspecified atom stereocenters. The molecule has 0 radical (unpaired) electrons. The molecule has 0 saturated carbocycles. The van der Waals surface area contributed by atoms with Crippen molar-refractivity contribution in [3.05, 3.63) is 54.0 Å². The van der Waals surface area contributed by atoms with Gasteiger partial charge in [-0.1, -0.05) is 0 Å². The molecule has 0 spiro atoms. The zero-order valence-corrected chi connectivity index (χ0v) is 16.6. The van der Waals surface area contributed by atoms with Crippen LogP contribution >= 0.6 is 0 Å². The molecular weight excluding hydrogens is 375 g/mol. The number of carbonyl (C=O) groups excluding carboxylic acids is 2. The van der Waals surface area contributed by atoms with Gasteiger partial charge in [-0.25, -0.2) is 9.37 Å². The minimum absolute atomic E-state index is 0.0334. The fraction of sp³-hybridized carbons (Fsp3) is 0.381. The quantitative estimate of drug-likeness (QED) is 0.806. The number of anilines is 1. The van der Waals surface area contributed by atoms with Crippen molar-refractivity contribution < 1.29 is 18.7 Å². The summed E-state index contributed by atoms with van der Waals surface area (Å²) in [4.78, 5) is 32.0. The molecule has 29 heavy (non-hydrogen) atoms. The number of hydrogen-bond donors (Lipinski definition) is 1. The Labute approximate surface area is 169 Å². The molecule has 2 heterocycles. The van der Waals surface area contributed by atoms with Gasteiger partial charge in [0.15, 0.2) is 0 Å². The van der Waals surface area contributed by atoms with E-state index in [2.05, 4.69) is 10.3 Å². The first-order chi connectivity index (χ1) is 13.9. The van der Waals surface area contributed by atoms with Crippen molar-refractivity contribution in [2.24, 2.45) is 0 Å². The maximum absolute atomic E-state index is 13.0. The summed E-state index contributed by atoms with van der Waals surface area (Å²) in [5.41, 5.74) is 1.10. The average Bonchev–Trinajstić information content (AvgIpc) is 2.69. The molecule has 0 atom stereocenters. The van der Waals surface area contributed by atoms with Crippen molar-refractivity contribution in [1.29, 1.82) is 0 Å². The van der Waals surface area contributed by atoms with Crippen LogP contribution in [-0.2, 0) is 4.79 Å². The van der Waals surface area contributed by atoms with Gasteiger partial charge in [-0.3, -0.25) is 9.59 Å². The zero-order valence-electron chi connectivity index (χ0n) is 16.6. The Morgan fingerprint density at radius 1 is 1.17 bits per heavy atom. The minimum atomic E-state index is -0.357. The number of piperidine rings is 1. The summed E-state index contributed by atoms with van der Waals surface area (Å²) < 4.78 is 18.9. The van der Waals surface area contributed by atoms with Crippen LogP contribution in [0.5, 0.6) is 5.88 Å². The maximum Gasteiger partial charge on any atom is 0.253 e. The topological polar surface area (TPSA) is 74.8 Å². The van der Waals surface area contributed by atoms with Crippen molar-refractivity contribution in [1.82, 2.24) is 14.8 Å². The molecule has 1 aliphatic heterocycles. The summed E-state index contributed by atoms with van der Waals surface area (Å²) in [5, 5.41) is 2.78. The lowest BCUT2D eigenvalue weighted by atomic mass is 10.1. The summed E-state index contributed by atoms with van der Waals surface area (Å²) in [5.74, 6) is -0.0774. The summed E-state index contributed by atoms with van der Waals surface area (Å²) in [6.45, 7) is 1.44. The fourth-order valence-corrected chi connectivity index (χ4v) is 3.13. The first-order valence-corrected chi connectivity index (χ1v) is 9.53. The van der Waals surface area contributed by atoms with Gasteiger partial charge in [-0.2, -0.15) is 0 Å². The lowest BCUT2D eigenvalue weighted by Crippen LogP contribution is -2.41. The molecule has 0 aliphatic carbocycles. The molecule has 2 amide bonds. The van der Waals surface area contributed by atoms with Crippen LogP contribution in [0.1, 0.15) is 23.2 Å². The van der Waals surface area contributed by atoms with Crippen LogP contribution in [0, 0.1) is 5.82 Å². The number of halogens is 1. The highest BCUT2D eigenvalue weighted by Gasteiger charge is 2.25. The van der Waals surface area contributed by atoms with Gasteiger partial charge in [0.25, 0.3) is 5.91 Å². The summed E-state index contributed by atoms with van der Waals surface area (Å²) >= 11 is 0. The van der Waals surface area contributed by atoms with E-state index in [0.717, 1.165) is 0 Å². The maximum atomic E-state index is 13.0. The number of aromatic nitrogens is 1. The van der Waals surface area contributed by atoms with Crippen LogP contribution in [0.15, 0.2) is 42.6 Å². The fourth-order valence-electron chi connectivity index (χ4n) is 3.13. The molecule has 8 heteroatoms. The Bertz CT molecular complexity index is 832. The second kappa shape index (κ2) is 9.47. The monoisotopic (exact) mass is 400 g/mol. The highest BCUT2D eigenvalue weighted by Crippen LogP contribution is 2.20. The molecule has 7 nitrogen and oxygen atoms in total. The Hall–Kier alpha value is -3.00. The van der Waals surface area contributed by atoms with Gasteiger partial charge in [0.1, 0.15) is 11.9 Å². The van der Waals surface area contributed by atoms with Crippen molar-refractivity contribution >= 4 is 17.5 Å². The number of likely N-dealkylation sites (tertiary alicyclic amines) is 1. The van der Waals surface area contributed by atoms with Crippen LogP contribution in [-0.4, -0.2) is 66.4 Å². The Balaban J connectivity index is 1.47. The standard InChI is InChI=1S/C21H25FN4O3/c1-25(2)14-19(27)24-17-7-8-20(23-13-17)29-18-9-11-26(12-10-18)21(28)15-3-5-16(22)6-4-15/h3-8,13,18H,9-12,14H2,1-2H3,(H,24,27). The highest BCUT2D eigenvalue weighted by molar-refractivity contribution is 5.94. The van der Waals surface area contributed by atoms with Gasteiger partial charge in [0.2, 0.25) is 11.8 Å². The molecule has 2 aromatic rings. The highest BCUT2D eigenvalue weighted by atomic mass is 19.1. The first kappa shape index (κ1) is 20.7. The number of nitrogens with zero attached hydrogens (tertiary/aromatic N) is 3. The minimum Gasteiger partial charge on any atom is -0.474 e. The van der Waals surface area contributed by atoms with Crippen LogP contribution < -0.4 is 10.1 Å². The van der Waals surface area contributed by atoms with Gasteiger partial charge in [-0.15, -0.1) is 0 Å². The molecular formula is C21H25FN4O3. The third-order valence-corrected chi connectivity index (χ3v) is 4.59. The summed E-state index contributed by atoms with van der Waals surface area (Å²) in [6.07, 6.45) is 2.91. The van der Waals surface area contributed by atoms with E-state index in [-0.39, 0.29) is 23.7 Å². The lowest BCUT2D eigenvalue weighted by molar-refractivity contribution is -0.116. The number of rotatable bonds is 6. The number of ether oxygens (including phenoxy) is 1. The second-order valence-corrected chi connectivity index (χ2v) is 7.29. The van der Waals surface area contributed by atoms with Gasteiger partial charge >= 0.3 is 0 Å². The number of benzene rings is 1. The van der Waals surface area contributed by atoms with Crippen molar-refractivity contribution in [3.63, 3.8) is 0 Å². The van der Waals surface area contributed by atoms with Gasteiger partial charge < -0.3 is 19.9 Å². The van der Waals surface area contributed by atoms with Crippen molar-refractivity contribution in [3.8, 4) is 5.88 Å². The van der Waals surface area contributed by atoms with Crippen LogP contribution in [0.4, 0.5) is 10.1 Å². The summed E-state index contributed by atoms with van der Waals surface area (Å²) in [7, 11) is 3.65. The predicted octanol–water partition coefficient (Wildman–Crippen LogP) is 2.40. The SMILES string of the molecule is CN(C)CC(=O)Nc1ccc(OC2CCN(C(=O)c3ccc(F)cc3)CC2)nc1. The average molecular weight is 400 g/mol. The van der Waals surface area contributed by atoms with E-state index in [9.17, 15) is 14.0 Å². The van der Waals surface area contributed by atoms with E-state index in [0.29, 0.717) is 49.6 Å². The van der Waals surface area contributed by atoms with Crippen molar-refractivity contribution in [2.45, 2.75) is 18.9 Å².